The fourth-order valence-electron chi connectivity index (χ4n) is 2.49. The van der Waals surface area contributed by atoms with Crippen LogP contribution in [0.5, 0.6) is 0 Å². The van der Waals surface area contributed by atoms with Gasteiger partial charge in [-0.05, 0) is 43.5 Å². The highest BCUT2D eigenvalue weighted by atomic mass is 16.6. The molecule has 0 saturated heterocycles. The van der Waals surface area contributed by atoms with E-state index in [0.717, 1.165) is 16.7 Å². The average molecular weight is 323 g/mol. The zero-order chi connectivity index (χ0) is 17.6. The van der Waals surface area contributed by atoms with Crippen LogP contribution in [0.1, 0.15) is 36.7 Å². The third-order valence-electron chi connectivity index (χ3n) is 3.47. The van der Waals surface area contributed by atoms with Crippen molar-refractivity contribution < 1.29 is 9.53 Å². The van der Waals surface area contributed by atoms with Crippen LogP contribution in [0, 0.1) is 0 Å². The van der Waals surface area contributed by atoms with E-state index in [1.54, 1.807) is 6.08 Å². The predicted molar refractivity (Wildman–Crippen MR) is 99.0 cm³/mol. The number of nitrogens with one attached hydrogen (secondary N) is 1. The maximum Gasteiger partial charge on any atom is 0.338 e. The van der Waals surface area contributed by atoms with Gasteiger partial charge in [0.25, 0.3) is 0 Å². The standard InChI is InChI=1S/C21H25NO2/c1-5-14-22-15-19-17(16-10-7-6-8-11-16)12-9-13-18(19)20(23)24-21(2,3)4/h5-13,22H,1,14-15H2,2-4H3. The van der Waals surface area contributed by atoms with Gasteiger partial charge in [-0.25, -0.2) is 4.79 Å². The van der Waals surface area contributed by atoms with E-state index < -0.39 is 5.60 Å². The molecule has 0 radical (unpaired) electrons. The topological polar surface area (TPSA) is 38.3 Å². The summed E-state index contributed by atoms with van der Waals surface area (Å²) in [5, 5.41) is 3.29. The number of esters is 1. The molecule has 1 N–H and O–H groups in total. The Balaban J connectivity index is 2.46. The molecule has 0 aromatic heterocycles. The van der Waals surface area contributed by atoms with Crippen molar-refractivity contribution in [2.45, 2.75) is 32.9 Å². The first kappa shape index (κ1) is 18.0. The number of rotatable bonds is 6. The van der Waals surface area contributed by atoms with Gasteiger partial charge in [0, 0.05) is 13.1 Å². The van der Waals surface area contributed by atoms with Gasteiger partial charge in [0.05, 0.1) is 5.56 Å². The number of ether oxygens (including phenoxy) is 1. The van der Waals surface area contributed by atoms with E-state index in [1.165, 1.54) is 0 Å². The van der Waals surface area contributed by atoms with Gasteiger partial charge < -0.3 is 10.1 Å². The summed E-state index contributed by atoms with van der Waals surface area (Å²) in [4.78, 5) is 12.6. The molecular weight excluding hydrogens is 298 g/mol. The molecule has 0 unspecified atom stereocenters. The number of hydrogen-bond acceptors (Lipinski definition) is 3. The molecule has 0 aliphatic heterocycles. The summed E-state index contributed by atoms with van der Waals surface area (Å²) in [6.07, 6.45) is 1.80. The number of carbonyl (C=O) groups excluding carboxylic acids is 1. The molecule has 2 aromatic carbocycles. The lowest BCUT2D eigenvalue weighted by molar-refractivity contribution is 0.00683. The summed E-state index contributed by atoms with van der Waals surface area (Å²) in [6.45, 7) is 10.6. The molecule has 0 spiro atoms. The van der Waals surface area contributed by atoms with E-state index in [2.05, 4.69) is 11.9 Å². The van der Waals surface area contributed by atoms with Gasteiger partial charge in [-0.3, -0.25) is 0 Å². The highest BCUT2D eigenvalue weighted by Gasteiger charge is 2.21. The number of hydrogen-bond donors (Lipinski definition) is 1. The minimum absolute atomic E-state index is 0.296. The predicted octanol–water partition coefficient (Wildman–Crippen LogP) is 4.58. The van der Waals surface area contributed by atoms with Crippen molar-refractivity contribution in [3.8, 4) is 11.1 Å². The van der Waals surface area contributed by atoms with E-state index in [4.69, 9.17) is 4.74 Å². The fraction of sp³-hybridized carbons (Fsp3) is 0.286. The van der Waals surface area contributed by atoms with Crippen molar-refractivity contribution in [2.75, 3.05) is 6.54 Å². The smallest absolute Gasteiger partial charge is 0.338 e. The Morgan fingerprint density at radius 1 is 1.12 bits per heavy atom. The minimum atomic E-state index is -0.522. The van der Waals surface area contributed by atoms with E-state index in [0.29, 0.717) is 18.7 Å². The third kappa shape index (κ3) is 4.80. The second-order valence-corrected chi connectivity index (χ2v) is 6.62. The molecule has 0 bridgehead atoms. The van der Waals surface area contributed by atoms with Crippen LogP contribution in [0.4, 0.5) is 0 Å². The zero-order valence-electron chi connectivity index (χ0n) is 14.6. The lowest BCUT2D eigenvalue weighted by Gasteiger charge is -2.21. The molecule has 0 saturated carbocycles. The Hall–Kier alpha value is -2.39. The largest absolute Gasteiger partial charge is 0.456 e. The summed E-state index contributed by atoms with van der Waals surface area (Å²) in [5.41, 5.74) is 3.14. The van der Waals surface area contributed by atoms with Gasteiger partial charge in [0.2, 0.25) is 0 Å². The first-order chi connectivity index (χ1) is 11.4. The average Bonchev–Trinajstić information content (AvgIpc) is 2.54. The van der Waals surface area contributed by atoms with Crippen molar-refractivity contribution in [1.82, 2.24) is 5.32 Å². The van der Waals surface area contributed by atoms with Crippen LogP contribution in [-0.4, -0.2) is 18.1 Å². The van der Waals surface area contributed by atoms with E-state index >= 15 is 0 Å². The van der Waals surface area contributed by atoms with E-state index in [1.807, 2.05) is 69.3 Å². The van der Waals surface area contributed by atoms with Crippen LogP contribution in [0.2, 0.25) is 0 Å². The maximum absolute atomic E-state index is 12.6. The number of benzene rings is 2. The Morgan fingerprint density at radius 3 is 2.46 bits per heavy atom. The van der Waals surface area contributed by atoms with Gasteiger partial charge in [-0.2, -0.15) is 0 Å². The van der Waals surface area contributed by atoms with Crippen molar-refractivity contribution in [2.24, 2.45) is 0 Å². The van der Waals surface area contributed by atoms with Crippen LogP contribution < -0.4 is 5.32 Å². The maximum atomic E-state index is 12.6. The summed E-state index contributed by atoms with van der Waals surface area (Å²) < 4.78 is 5.57. The third-order valence-corrected chi connectivity index (χ3v) is 3.47. The van der Waals surface area contributed by atoms with Crippen LogP contribution in [-0.2, 0) is 11.3 Å². The van der Waals surface area contributed by atoms with Crippen molar-refractivity contribution >= 4 is 5.97 Å². The SMILES string of the molecule is C=CCNCc1c(C(=O)OC(C)(C)C)cccc1-c1ccccc1. The molecule has 2 aromatic rings. The molecule has 2 rings (SSSR count). The van der Waals surface area contributed by atoms with E-state index in [9.17, 15) is 4.79 Å². The Bertz CT molecular complexity index is 700. The Kier molecular flexibility index (Phi) is 5.93. The molecule has 0 atom stereocenters. The highest BCUT2D eigenvalue weighted by molar-refractivity contribution is 5.94. The molecular formula is C21H25NO2. The van der Waals surface area contributed by atoms with Crippen LogP contribution in [0.3, 0.4) is 0 Å². The first-order valence-electron chi connectivity index (χ1n) is 8.14. The normalized spacial score (nSPS) is 11.1. The van der Waals surface area contributed by atoms with Gasteiger partial charge in [-0.15, -0.1) is 6.58 Å². The Labute approximate surface area is 144 Å². The summed E-state index contributed by atoms with van der Waals surface area (Å²) in [5.74, 6) is -0.296. The molecule has 0 amide bonds. The van der Waals surface area contributed by atoms with Crippen LogP contribution in [0.15, 0.2) is 61.2 Å². The zero-order valence-corrected chi connectivity index (χ0v) is 14.6. The molecule has 0 aliphatic rings. The molecule has 24 heavy (non-hydrogen) atoms. The van der Waals surface area contributed by atoms with Crippen molar-refractivity contribution in [1.29, 1.82) is 0 Å². The second kappa shape index (κ2) is 7.93. The van der Waals surface area contributed by atoms with Gasteiger partial charge in [0.15, 0.2) is 0 Å². The Morgan fingerprint density at radius 2 is 1.83 bits per heavy atom. The monoisotopic (exact) mass is 323 g/mol. The quantitative estimate of drug-likeness (QED) is 0.480. The van der Waals surface area contributed by atoms with Crippen LogP contribution >= 0.6 is 0 Å². The lowest BCUT2D eigenvalue weighted by atomic mass is 9.95. The second-order valence-electron chi connectivity index (χ2n) is 6.62. The molecule has 3 heteroatoms. The lowest BCUT2D eigenvalue weighted by Crippen LogP contribution is -2.25. The first-order valence-corrected chi connectivity index (χ1v) is 8.14. The van der Waals surface area contributed by atoms with Crippen LogP contribution in [0.25, 0.3) is 11.1 Å². The van der Waals surface area contributed by atoms with Gasteiger partial charge in [-0.1, -0.05) is 48.5 Å². The van der Waals surface area contributed by atoms with Crippen molar-refractivity contribution in [3.05, 3.63) is 72.3 Å². The molecule has 0 heterocycles. The molecule has 126 valence electrons. The fourth-order valence-corrected chi connectivity index (χ4v) is 2.49. The minimum Gasteiger partial charge on any atom is -0.456 e. The van der Waals surface area contributed by atoms with Gasteiger partial charge >= 0.3 is 5.97 Å². The molecule has 0 fully saturated rings. The molecule has 0 aliphatic carbocycles. The van der Waals surface area contributed by atoms with Gasteiger partial charge in [0.1, 0.15) is 5.60 Å². The van der Waals surface area contributed by atoms with Crippen molar-refractivity contribution in [3.63, 3.8) is 0 Å². The summed E-state index contributed by atoms with van der Waals surface area (Å²) >= 11 is 0. The van der Waals surface area contributed by atoms with E-state index in [-0.39, 0.29) is 5.97 Å². The number of carbonyl (C=O) groups is 1. The molecule has 3 nitrogen and oxygen atoms in total. The summed E-state index contributed by atoms with van der Waals surface area (Å²) in [6, 6.07) is 15.8. The summed E-state index contributed by atoms with van der Waals surface area (Å²) in [7, 11) is 0. The highest BCUT2D eigenvalue weighted by Crippen LogP contribution is 2.27.